The van der Waals surface area contributed by atoms with Gasteiger partial charge in [-0.1, -0.05) is 20.8 Å². The molecule has 1 fully saturated rings. The van der Waals surface area contributed by atoms with Crippen LogP contribution < -0.4 is 4.90 Å². The maximum absolute atomic E-state index is 4.34. The lowest BCUT2D eigenvalue weighted by atomic mass is 9.75. The maximum atomic E-state index is 4.34. The SMILES string of the molecule is CC(C)(C)C1CCN(c2cc(Br)ncn2)CC1. The van der Waals surface area contributed by atoms with Crippen LogP contribution in [0, 0.1) is 11.3 Å². The number of anilines is 1. The van der Waals surface area contributed by atoms with Crippen molar-refractivity contribution in [3.63, 3.8) is 0 Å². The molecular formula is C13H20BrN3. The average Bonchev–Trinajstić information content (AvgIpc) is 2.28. The summed E-state index contributed by atoms with van der Waals surface area (Å²) in [6, 6.07) is 2.00. The molecule has 1 saturated heterocycles. The molecule has 0 spiro atoms. The standard InChI is InChI=1S/C13H20BrN3/c1-13(2,3)10-4-6-17(7-5-10)12-8-11(14)15-9-16-12/h8-10H,4-7H2,1-3H3. The van der Waals surface area contributed by atoms with Gasteiger partial charge in [0.05, 0.1) is 0 Å². The van der Waals surface area contributed by atoms with E-state index in [9.17, 15) is 0 Å². The van der Waals surface area contributed by atoms with Crippen LogP contribution in [0.25, 0.3) is 0 Å². The van der Waals surface area contributed by atoms with Crippen molar-refractivity contribution in [2.24, 2.45) is 11.3 Å². The van der Waals surface area contributed by atoms with Crippen molar-refractivity contribution in [3.05, 3.63) is 17.0 Å². The molecule has 0 N–H and O–H groups in total. The monoisotopic (exact) mass is 297 g/mol. The zero-order valence-corrected chi connectivity index (χ0v) is 12.4. The van der Waals surface area contributed by atoms with Gasteiger partial charge >= 0.3 is 0 Å². The lowest BCUT2D eigenvalue weighted by Crippen LogP contribution is -2.38. The molecule has 0 amide bonds. The van der Waals surface area contributed by atoms with E-state index in [0.29, 0.717) is 5.41 Å². The van der Waals surface area contributed by atoms with Crippen LogP contribution in [0.3, 0.4) is 0 Å². The van der Waals surface area contributed by atoms with Crippen LogP contribution in [0.5, 0.6) is 0 Å². The van der Waals surface area contributed by atoms with Gasteiger partial charge in [0.25, 0.3) is 0 Å². The zero-order chi connectivity index (χ0) is 12.5. The van der Waals surface area contributed by atoms with Gasteiger partial charge in [0.15, 0.2) is 0 Å². The molecule has 0 bridgehead atoms. The molecule has 0 atom stereocenters. The van der Waals surface area contributed by atoms with Crippen LogP contribution in [0.15, 0.2) is 17.0 Å². The Labute approximate surface area is 112 Å². The quantitative estimate of drug-likeness (QED) is 0.743. The maximum Gasteiger partial charge on any atom is 0.133 e. The van der Waals surface area contributed by atoms with Crippen LogP contribution in [0.1, 0.15) is 33.6 Å². The number of hydrogen-bond acceptors (Lipinski definition) is 3. The number of hydrogen-bond donors (Lipinski definition) is 0. The van der Waals surface area contributed by atoms with E-state index in [2.05, 4.69) is 51.6 Å². The highest BCUT2D eigenvalue weighted by Gasteiger charge is 2.29. The fourth-order valence-electron chi connectivity index (χ4n) is 2.47. The molecule has 1 aromatic heterocycles. The normalized spacial score (nSPS) is 18.5. The summed E-state index contributed by atoms with van der Waals surface area (Å²) in [7, 11) is 0. The molecule has 0 aromatic carbocycles. The van der Waals surface area contributed by atoms with Crippen molar-refractivity contribution in [2.45, 2.75) is 33.6 Å². The Hall–Kier alpha value is -0.640. The van der Waals surface area contributed by atoms with E-state index in [1.165, 1.54) is 12.8 Å². The Balaban J connectivity index is 2.00. The van der Waals surface area contributed by atoms with Crippen molar-refractivity contribution in [3.8, 4) is 0 Å². The van der Waals surface area contributed by atoms with Crippen molar-refractivity contribution >= 4 is 21.7 Å². The minimum atomic E-state index is 0.429. The first-order chi connectivity index (χ1) is 7.97. The number of aromatic nitrogens is 2. The molecule has 4 heteroatoms. The highest BCUT2D eigenvalue weighted by molar-refractivity contribution is 9.10. The summed E-state index contributed by atoms with van der Waals surface area (Å²) in [4.78, 5) is 10.8. The molecule has 0 radical (unpaired) electrons. The van der Waals surface area contributed by atoms with Gasteiger partial charge in [0, 0.05) is 19.2 Å². The van der Waals surface area contributed by atoms with E-state index in [1.807, 2.05) is 6.07 Å². The lowest BCUT2D eigenvalue weighted by Gasteiger charge is -2.39. The smallest absolute Gasteiger partial charge is 0.133 e. The Morgan fingerprint density at radius 3 is 2.41 bits per heavy atom. The van der Waals surface area contributed by atoms with Crippen molar-refractivity contribution in [2.75, 3.05) is 18.0 Å². The Bertz CT molecular complexity index is 378. The van der Waals surface area contributed by atoms with Gasteiger partial charge in [0.2, 0.25) is 0 Å². The minimum Gasteiger partial charge on any atom is -0.356 e. The molecule has 2 heterocycles. The summed E-state index contributed by atoms with van der Waals surface area (Å²) in [5.41, 5.74) is 0.429. The number of nitrogens with zero attached hydrogens (tertiary/aromatic N) is 3. The van der Waals surface area contributed by atoms with Gasteiger partial charge in [-0.25, -0.2) is 9.97 Å². The summed E-state index contributed by atoms with van der Waals surface area (Å²) in [5, 5.41) is 0. The van der Waals surface area contributed by atoms with E-state index in [0.717, 1.165) is 29.4 Å². The molecule has 3 nitrogen and oxygen atoms in total. The van der Waals surface area contributed by atoms with Gasteiger partial charge in [0.1, 0.15) is 16.7 Å². The molecule has 1 aliphatic heterocycles. The van der Waals surface area contributed by atoms with Crippen LogP contribution in [0.2, 0.25) is 0 Å². The zero-order valence-electron chi connectivity index (χ0n) is 10.8. The first-order valence-corrected chi connectivity index (χ1v) is 6.98. The van der Waals surface area contributed by atoms with E-state index < -0.39 is 0 Å². The summed E-state index contributed by atoms with van der Waals surface area (Å²) < 4.78 is 0.862. The van der Waals surface area contributed by atoms with Crippen LogP contribution in [0.4, 0.5) is 5.82 Å². The Kier molecular flexibility index (Phi) is 3.71. The third-order valence-corrected chi connectivity index (χ3v) is 4.10. The van der Waals surface area contributed by atoms with E-state index >= 15 is 0 Å². The van der Waals surface area contributed by atoms with Crippen LogP contribution >= 0.6 is 15.9 Å². The second-order valence-corrected chi connectivity index (χ2v) is 6.64. The Morgan fingerprint density at radius 1 is 1.24 bits per heavy atom. The molecule has 1 aliphatic rings. The molecule has 0 saturated carbocycles. The number of halogens is 1. The average molecular weight is 298 g/mol. The lowest BCUT2D eigenvalue weighted by molar-refractivity contribution is 0.198. The van der Waals surface area contributed by atoms with Gasteiger partial charge in [-0.05, 0) is 40.1 Å². The predicted octanol–water partition coefficient (Wildman–Crippen LogP) is 3.50. The molecule has 94 valence electrons. The summed E-state index contributed by atoms with van der Waals surface area (Å²) in [6.07, 6.45) is 4.13. The molecule has 1 aromatic rings. The fourth-order valence-corrected chi connectivity index (χ4v) is 2.77. The van der Waals surface area contributed by atoms with Gasteiger partial charge in [-0.2, -0.15) is 0 Å². The highest BCUT2D eigenvalue weighted by atomic mass is 79.9. The van der Waals surface area contributed by atoms with E-state index in [1.54, 1.807) is 6.33 Å². The van der Waals surface area contributed by atoms with Crippen LogP contribution in [-0.2, 0) is 0 Å². The Morgan fingerprint density at radius 2 is 1.88 bits per heavy atom. The second kappa shape index (κ2) is 4.92. The highest BCUT2D eigenvalue weighted by Crippen LogP contribution is 2.35. The van der Waals surface area contributed by atoms with E-state index in [-0.39, 0.29) is 0 Å². The van der Waals surface area contributed by atoms with Crippen molar-refractivity contribution in [1.29, 1.82) is 0 Å². The molecular weight excluding hydrogens is 278 g/mol. The third-order valence-electron chi connectivity index (χ3n) is 3.66. The predicted molar refractivity (Wildman–Crippen MR) is 74.1 cm³/mol. The van der Waals surface area contributed by atoms with E-state index in [4.69, 9.17) is 0 Å². The van der Waals surface area contributed by atoms with Crippen molar-refractivity contribution < 1.29 is 0 Å². The van der Waals surface area contributed by atoms with Crippen molar-refractivity contribution in [1.82, 2.24) is 9.97 Å². The topological polar surface area (TPSA) is 29.0 Å². The fraction of sp³-hybridized carbons (Fsp3) is 0.692. The molecule has 2 rings (SSSR count). The molecule has 17 heavy (non-hydrogen) atoms. The first-order valence-electron chi connectivity index (χ1n) is 6.19. The second-order valence-electron chi connectivity index (χ2n) is 5.83. The summed E-state index contributed by atoms with van der Waals surface area (Å²) >= 11 is 3.39. The summed E-state index contributed by atoms with van der Waals surface area (Å²) in [5.74, 6) is 1.86. The molecule has 0 aliphatic carbocycles. The third kappa shape index (κ3) is 3.18. The number of piperidine rings is 1. The van der Waals surface area contributed by atoms with Gasteiger partial charge in [-0.3, -0.25) is 0 Å². The van der Waals surface area contributed by atoms with Gasteiger partial charge < -0.3 is 4.90 Å². The van der Waals surface area contributed by atoms with Gasteiger partial charge in [-0.15, -0.1) is 0 Å². The van der Waals surface area contributed by atoms with Crippen LogP contribution in [-0.4, -0.2) is 23.1 Å². The minimum absolute atomic E-state index is 0.429. The first kappa shape index (κ1) is 12.8. The summed E-state index contributed by atoms with van der Waals surface area (Å²) in [6.45, 7) is 9.23. The largest absolute Gasteiger partial charge is 0.356 e. The molecule has 0 unspecified atom stereocenters. The number of rotatable bonds is 1.